The van der Waals surface area contributed by atoms with Crippen LogP contribution in [0.1, 0.15) is 28.7 Å². The number of aliphatic hydroxyl groups is 1. The fourth-order valence-electron chi connectivity index (χ4n) is 2.56. The summed E-state index contributed by atoms with van der Waals surface area (Å²) in [6.45, 7) is 4.32. The fraction of sp³-hybridized carbons (Fsp3) is 0.368. The summed E-state index contributed by atoms with van der Waals surface area (Å²) in [5.41, 5.74) is 4.72. The van der Waals surface area contributed by atoms with Crippen molar-refractivity contribution in [3.63, 3.8) is 0 Å². The molecule has 1 amide bonds. The van der Waals surface area contributed by atoms with Crippen molar-refractivity contribution >= 4 is 23.5 Å². The van der Waals surface area contributed by atoms with Gasteiger partial charge in [-0.05, 0) is 43.5 Å². The van der Waals surface area contributed by atoms with Gasteiger partial charge in [0.25, 0.3) is 0 Å². The molecule has 0 aliphatic rings. The molecular formula is C19H24N2O2S. The lowest BCUT2D eigenvalue weighted by atomic mass is 10.0. The largest absolute Gasteiger partial charge is 0.396 e. The van der Waals surface area contributed by atoms with Crippen molar-refractivity contribution in [1.82, 2.24) is 4.98 Å². The third-order valence-corrected chi connectivity index (χ3v) is 4.53. The average Bonchev–Trinajstić information content (AvgIpc) is 2.53. The number of thioether (sulfide) groups is 1. The van der Waals surface area contributed by atoms with Crippen molar-refractivity contribution in [3.8, 4) is 0 Å². The zero-order chi connectivity index (χ0) is 17.4. The molecule has 128 valence electrons. The van der Waals surface area contributed by atoms with E-state index in [1.807, 2.05) is 12.1 Å². The van der Waals surface area contributed by atoms with Gasteiger partial charge in [0.1, 0.15) is 5.82 Å². The second kappa shape index (κ2) is 9.45. The summed E-state index contributed by atoms with van der Waals surface area (Å²) in [7, 11) is 0. The Hall–Kier alpha value is -1.85. The summed E-state index contributed by atoms with van der Waals surface area (Å²) in [6, 6.07) is 10.2. The van der Waals surface area contributed by atoms with E-state index in [1.54, 1.807) is 18.0 Å². The highest BCUT2D eigenvalue weighted by molar-refractivity contribution is 7.98. The lowest BCUT2D eigenvalue weighted by Gasteiger charge is -2.08. The minimum atomic E-state index is -0.0261. The molecule has 0 atom stereocenters. The van der Waals surface area contributed by atoms with Crippen LogP contribution in [-0.2, 0) is 17.0 Å². The topological polar surface area (TPSA) is 62.2 Å². The molecule has 0 bridgehead atoms. The third-order valence-electron chi connectivity index (χ3n) is 3.52. The van der Waals surface area contributed by atoms with Crippen LogP contribution >= 0.6 is 11.8 Å². The Labute approximate surface area is 147 Å². The molecule has 2 rings (SSSR count). The van der Waals surface area contributed by atoms with Gasteiger partial charge in [0.15, 0.2) is 0 Å². The molecule has 1 aromatic heterocycles. The maximum atomic E-state index is 12.1. The number of carbonyl (C=O) groups excluding carboxylic acids is 1. The van der Waals surface area contributed by atoms with Crippen LogP contribution in [0.25, 0.3) is 0 Å². The van der Waals surface area contributed by atoms with Crippen LogP contribution in [0.2, 0.25) is 0 Å². The summed E-state index contributed by atoms with van der Waals surface area (Å²) in [5, 5.41) is 11.7. The standard InChI is InChI=1S/C19H24N2O2S/c1-14-9-15(2)11-16(10-14)3-4-19(23)21-18-12-17(5-6-20-18)13-24-8-7-22/h5-6,9-12,22H,3-4,7-8,13H2,1-2H3,(H,20,21,23). The Morgan fingerprint density at radius 2 is 1.92 bits per heavy atom. The first-order valence-electron chi connectivity index (χ1n) is 8.07. The first kappa shape index (κ1) is 18.5. The van der Waals surface area contributed by atoms with E-state index in [9.17, 15) is 4.79 Å². The molecule has 1 aromatic carbocycles. The Kier molecular flexibility index (Phi) is 7.28. The van der Waals surface area contributed by atoms with E-state index < -0.39 is 0 Å². The first-order chi connectivity index (χ1) is 11.6. The van der Waals surface area contributed by atoms with Crippen molar-refractivity contribution in [1.29, 1.82) is 0 Å². The number of anilines is 1. The summed E-state index contributed by atoms with van der Waals surface area (Å²) < 4.78 is 0. The van der Waals surface area contributed by atoms with Gasteiger partial charge >= 0.3 is 0 Å². The Bertz CT molecular complexity index is 669. The second-order valence-corrected chi connectivity index (χ2v) is 6.97. The van der Waals surface area contributed by atoms with Crippen LogP contribution in [0.15, 0.2) is 36.5 Å². The lowest BCUT2D eigenvalue weighted by molar-refractivity contribution is -0.116. The number of pyridine rings is 1. The predicted molar refractivity (Wildman–Crippen MR) is 100 cm³/mol. The second-order valence-electron chi connectivity index (χ2n) is 5.87. The number of rotatable bonds is 8. The number of amides is 1. The highest BCUT2D eigenvalue weighted by Crippen LogP contribution is 2.15. The number of hydrogen-bond donors (Lipinski definition) is 2. The number of hydrogen-bond acceptors (Lipinski definition) is 4. The number of nitrogens with one attached hydrogen (secondary N) is 1. The van der Waals surface area contributed by atoms with Crippen LogP contribution in [0.4, 0.5) is 5.82 Å². The summed E-state index contributed by atoms with van der Waals surface area (Å²) >= 11 is 1.65. The van der Waals surface area contributed by atoms with Gasteiger partial charge in [0, 0.05) is 24.1 Å². The van der Waals surface area contributed by atoms with Crippen molar-refractivity contribution in [3.05, 3.63) is 58.8 Å². The molecule has 4 nitrogen and oxygen atoms in total. The van der Waals surface area contributed by atoms with Gasteiger partial charge in [-0.2, -0.15) is 11.8 Å². The number of carbonyl (C=O) groups is 1. The number of aryl methyl sites for hydroxylation is 3. The van der Waals surface area contributed by atoms with E-state index >= 15 is 0 Å². The SMILES string of the molecule is Cc1cc(C)cc(CCC(=O)Nc2cc(CSCCO)ccn2)c1. The molecule has 0 aliphatic heterocycles. The zero-order valence-corrected chi connectivity index (χ0v) is 15.0. The number of aromatic nitrogens is 1. The van der Waals surface area contributed by atoms with E-state index in [4.69, 9.17) is 5.11 Å². The maximum absolute atomic E-state index is 12.1. The van der Waals surface area contributed by atoms with E-state index in [-0.39, 0.29) is 12.5 Å². The van der Waals surface area contributed by atoms with Gasteiger partial charge in [0.2, 0.25) is 5.91 Å². The smallest absolute Gasteiger partial charge is 0.225 e. The van der Waals surface area contributed by atoms with E-state index in [0.29, 0.717) is 18.0 Å². The maximum Gasteiger partial charge on any atom is 0.225 e. The molecule has 5 heteroatoms. The van der Waals surface area contributed by atoms with E-state index in [2.05, 4.69) is 42.3 Å². The molecule has 2 N–H and O–H groups in total. The van der Waals surface area contributed by atoms with Crippen LogP contribution < -0.4 is 5.32 Å². The molecule has 24 heavy (non-hydrogen) atoms. The molecule has 0 saturated carbocycles. The molecule has 1 heterocycles. The van der Waals surface area contributed by atoms with Crippen molar-refractivity contribution in [2.75, 3.05) is 17.7 Å². The molecule has 0 saturated heterocycles. The van der Waals surface area contributed by atoms with Crippen molar-refractivity contribution in [2.45, 2.75) is 32.4 Å². The normalized spacial score (nSPS) is 10.6. The lowest BCUT2D eigenvalue weighted by Crippen LogP contribution is -2.13. The summed E-state index contributed by atoms with van der Waals surface area (Å²) in [6.07, 6.45) is 2.86. The Morgan fingerprint density at radius 1 is 1.17 bits per heavy atom. The number of benzene rings is 1. The summed E-state index contributed by atoms with van der Waals surface area (Å²) in [4.78, 5) is 16.3. The van der Waals surface area contributed by atoms with Gasteiger partial charge in [-0.25, -0.2) is 4.98 Å². The zero-order valence-electron chi connectivity index (χ0n) is 14.2. The number of aliphatic hydroxyl groups excluding tert-OH is 1. The van der Waals surface area contributed by atoms with Crippen LogP contribution in [0.5, 0.6) is 0 Å². The Balaban J connectivity index is 1.86. The van der Waals surface area contributed by atoms with Crippen LogP contribution in [0, 0.1) is 13.8 Å². The number of nitrogens with zero attached hydrogens (tertiary/aromatic N) is 1. The van der Waals surface area contributed by atoms with Crippen LogP contribution in [-0.4, -0.2) is 28.4 Å². The van der Waals surface area contributed by atoms with Gasteiger partial charge in [-0.15, -0.1) is 0 Å². The molecule has 0 unspecified atom stereocenters. The highest BCUT2D eigenvalue weighted by atomic mass is 32.2. The van der Waals surface area contributed by atoms with Gasteiger partial charge in [-0.1, -0.05) is 29.3 Å². The fourth-order valence-corrected chi connectivity index (χ4v) is 3.25. The molecular weight excluding hydrogens is 320 g/mol. The molecule has 0 aliphatic carbocycles. The van der Waals surface area contributed by atoms with Gasteiger partial charge < -0.3 is 10.4 Å². The van der Waals surface area contributed by atoms with Crippen molar-refractivity contribution < 1.29 is 9.90 Å². The van der Waals surface area contributed by atoms with Crippen molar-refractivity contribution in [2.24, 2.45) is 0 Å². The minimum absolute atomic E-state index is 0.0261. The Morgan fingerprint density at radius 3 is 2.62 bits per heavy atom. The van der Waals surface area contributed by atoms with Gasteiger partial charge in [-0.3, -0.25) is 4.79 Å². The molecule has 2 aromatic rings. The van der Waals surface area contributed by atoms with Crippen LogP contribution in [0.3, 0.4) is 0 Å². The third kappa shape index (κ3) is 6.34. The average molecular weight is 344 g/mol. The monoisotopic (exact) mass is 344 g/mol. The predicted octanol–water partition coefficient (Wildman–Crippen LogP) is 3.50. The van der Waals surface area contributed by atoms with Gasteiger partial charge in [0.05, 0.1) is 6.61 Å². The first-order valence-corrected chi connectivity index (χ1v) is 9.23. The molecule has 0 fully saturated rings. The minimum Gasteiger partial charge on any atom is -0.396 e. The molecule has 0 radical (unpaired) electrons. The summed E-state index contributed by atoms with van der Waals surface area (Å²) in [5.74, 6) is 2.07. The van der Waals surface area contributed by atoms with E-state index in [0.717, 1.165) is 17.7 Å². The quantitative estimate of drug-likeness (QED) is 0.720. The van der Waals surface area contributed by atoms with E-state index in [1.165, 1.54) is 16.7 Å². The molecule has 0 spiro atoms. The highest BCUT2D eigenvalue weighted by Gasteiger charge is 2.06.